The highest BCUT2D eigenvalue weighted by Gasteiger charge is 2.18. The molecule has 0 aliphatic rings. The number of rotatable bonds is 6. The van der Waals surface area contributed by atoms with Gasteiger partial charge in [-0.15, -0.1) is 0 Å². The van der Waals surface area contributed by atoms with Gasteiger partial charge in [0.25, 0.3) is 5.91 Å². The molecule has 0 aliphatic heterocycles. The van der Waals surface area contributed by atoms with E-state index in [2.05, 4.69) is 5.10 Å². The van der Waals surface area contributed by atoms with Crippen LogP contribution in [0.5, 0.6) is 5.75 Å². The Morgan fingerprint density at radius 1 is 1.38 bits per heavy atom. The largest absolute Gasteiger partial charge is 0.494 e. The highest BCUT2D eigenvalue weighted by molar-refractivity contribution is 5.97. The summed E-state index contributed by atoms with van der Waals surface area (Å²) in [4.78, 5) is 13.9. The number of nitrogens with zero attached hydrogens (tertiary/aromatic N) is 3. The lowest BCUT2D eigenvalue weighted by Crippen LogP contribution is -2.30. The number of aryl methyl sites for hydroxylation is 1. The van der Waals surface area contributed by atoms with Crippen molar-refractivity contribution in [1.82, 2.24) is 14.7 Å². The second-order valence-corrected chi connectivity index (χ2v) is 4.81. The highest BCUT2D eigenvalue weighted by Crippen LogP contribution is 2.12. The van der Waals surface area contributed by atoms with Gasteiger partial charge in [-0.3, -0.25) is 9.48 Å². The number of hydrogen-bond acceptors (Lipinski definition) is 4. The maximum absolute atomic E-state index is 12.3. The summed E-state index contributed by atoms with van der Waals surface area (Å²) in [7, 11) is 3.45. The fraction of sp³-hybridized carbons (Fsp3) is 0.333. The van der Waals surface area contributed by atoms with Gasteiger partial charge in [-0.05, 0) is 18.6 Å². The molecule has 0 spiro atoms. The number of hydrogen-bond donors (Lipinski definition) is 1. The number of nitrogens with two attached hydrogens (primary N) is 1. The Labute approximate surface area is 124 Å². The van der Waals surface area contributed by atoms with E-state index in [0.717, 1.165) is 12.2 Å². The molecule has 2 aromatic rings. The second kappa shape index (κ2) is 6.78. The van der Waals surface area contributed by atoms with Gasteiger partial charge in [-0.25, -0.2) is 0 Å². The Hall–Kier alpha value is -2.50. The van der Waals surface area contributed by atoms with Crippen molar-refractivity contribution in [2.75, 3.05) is 25.9 Å². The molecule has 0 bridgehead atoms. The van der Waals surface area contributed by atoms with Gasteiger partial charge in [0, 0.05) is 20.6 Å². The molecule has 1 aromatic heterocycles. The molecule has 0 atom stereocenters. The smallest absolute Gasteiger partial charge is 0.274 e. The summed E-state index contributed by atoms with van der Waals surface area (Å²) in [6, 6.07) is 9.61. The minimum atomic E-state index is -0.132. The zero-order valence-corrected chi connectivity index (χ0v) is 12.3. The lowest BCUT2D eigenvalue weighted by atomic mass is 10.3. The molecule has 0 radical (unpaired) electrons. The van der Waals surface area contributed by atoms with Crippen molar-refractivity contribution in [3.05, 3.63) is 42.2 Å². The van der Waals surface area contributed by atoms with Gasteiger partial charge in [0.15, 0.2) is 0 Å². The van der Waals surface area contributed by atoms with E-state index in [1.807, 2.05) is 30.3 Å². The van der Waals surface area contributed by atoms with Gasteiger partial charge < -0.3 is 15.4 Å². The molecule has 0 fully saturated rings. The number of nitrogen functional groups attached to an aromatic ring is 1. The molecule has 0 saturated carbocycles. The van der Waals surface area contributed by atoms with Gasteiger partial charge >= 0.3 is 0 Å². The van der Waals surface area contributed by atoms with Crippen LogP contribution in [0.1, 0.15) is 16.9 Å². The number of aromatic nitrogens is 2. The monoisotopic (exact) mass is 288 g/mol. The molecule has 1 aromatic carbocycles. The first kappa shape index (κ1) is 14.9. The molecular weight excluding hydrogens is 268 g/mol. The van der Waals surface area contributed by atoms with Crippen LogP contribution >= 0.6 is 0 Å². The van der Waals surface area contributed by atoms with Gasteiger partial charge in [0.05, 0.1) is 18.5 Å². The van der Waals surface area contributed by atoms with Crippen molar-refractivity contribution in [3.63, 3.8) is 0 Å². The van der Waals surface area contributed by atoms with Crippen LogP contribution < -0.4 is 10.5 Å². The summed E-state index contributed by atoms with van der Waals surface area (Å²) in [6.07, 6.45) is 2.23. The van der Waals surface area contributed by atoms with Crippen molar-refractivity contribution < 1.29 is 9.53 Å². The molecule has 2 rings (SSSR count). The van der Waals surface area contributed by atoms with Crippen LogP contribution in [0.2, 0.25) is 0 Å². The van der Waals surface area contributed by atoms with E-state index in [1.54, 1.807) is 19.0 Å². The van der Waals surface area contributed by atoms with Crippen LogP contribution in [0.3, 0.4) is 0 Å². The predicted octanol–water partition coefficient (Wildman–Crippen LogP) is 1.54. The number of para-hydroxylation sites is 1. The van der Waals surface area contributed by atoms with Crippen molar-refractivity contribution in [3.8, 4) is 5.75 Å². The van der Waals surface area contributed by atoms with E-state index in [9.17, 15) is 4.79 Å². The number of amides is 1. The third-order valence-corrected chi connectivity index (χ3v) is 3.17. The summed E-state index contributed by atoms with van der Waals surface area (Å²) >= 11 is 0. The molecule has 1 heterocycles. The van der Waals surface area contributed by atoms with Crippen LogP contribution in [0.15, 0.2) is 36.5 Å². The van der Waals surface area contributed by atoms with E-state index in [1.165, 1.54) is 10.9 Å². The Morgan fingerprint density at radius 3 is 2.71 bits per heavy atom. The Kier molecular flexibility index (Phi) is 4.81. The molecule has 6 heteroatoms. The molecule has 2 N–H and O–H groups in total. The third-order valence-electron chi connectivity index (χ3n) is 3.17. The van der Waals surface area contributed by atoms with E-state index < -0.39 is 0 Å². The quantitative estimate of drug-likeness (QED) is 0.818. The van der Waals surface area contributed by atoms with Crippen LogP contribution in [-0.2, 0) is 7.05 Å². The predicted molar refractivity (Wildman–Crippen MR) is 81.1 cm³/mol. The SMILES string of the molecule is CN(CCCOc1ccccc1)C(=O)c1c(N)cnn1C. The minimum Gasteiger partial charge on any atom is -0.494 e. The summed E-state index contributed by atoms with van der Waals surface area (Å²) in [5.41, 5.74) is 6.57. The Balaban J connectivity index is 1.79. The summed E-state index contributed by atoms with van der Waals surface area (Å²) < 4.78 is 7.09. The number of benzene rings is 1. The van der Waals surface area contributed by atoms with Gasteiger partial charge in [-0.2, -0.15) is 5.10 Å². The fourth-order valence-corrected chi connectivity index (χ4v) is 2.01. The molecule has 0 saturated heterocycles. The number of ether oxygens (including phenoxy) is 1. The summed E-state index contributed by atoms with van der Waals surface area (Å²) in [5, 5.41) is 3.98. The average Bonchev–Trinajstić information content (AvgIpc) is 2.83. The standard InChI is InChI=1S/C15H20N4O2/c1-18(15(20)14-13(16)11-17-19(14)2)9-6-10-21-12-7-4-3-5-8-12/h3-5,7-8,11H,6,9-10,16H2,1-2H3. The van der Waals surface area contributed by atoms with Gasteiger partial charge in [0.2, 0.25) is 0 Å². The molecule has 21 heavy (non-hydrogen) atoms. The minimum absolute atomic E-state index is 0.132. The fourth-order valence-electron chi connectivity index (χ4n) is 2.01. The van der Waals surface area contributed by atoms with E-state index in [-0.39, 0.29) is 5.91 Å². The first-order valence-corrected chi connectivity index (χ1v) is 6.80. The van der Waals surface area contributed by atoms with Crippen molar-refractivity contribution in [2.24, 2.45) is 7.05 Å². The van der Waals surface area contributed by atoms with Crippen LogP contribution in [-0.4, -0.2) is 40.8 Å². The van der Waals surface area contributed by atoms with Crippen molar-refractivity contribution in [2.45, 2.75) is 6.42 Å². The lowest BCUT2D eigenvalue weighted by molar-refractivity contribution is 0.0778. The van der Waals surface area contributed by atoms with E-state index in [4.69, 9.17) is 10.5 Å². The number of anilines is 1. The maximum atomic E-state index is 12.3. The topological polar surface area (TPSA) is 73.4 Å². The molecule has 0 unspecified atom stereocenters. The van der Waals surface area contributed by atoms with E-state index in [0.29, 0.717) is 24.5 Å². The summed E-state index contributed by atoms with van der Waals surface area (Å²) in [5.74, 6) is 0.703. The zero-order valence-electron chi connectivity index (χ0n) is 12.3. The summed E-state index contributed by atoms with van der Waals surface area (Å²) in [6.45, 7) is 1.15. The first-order chi connectivity index (χ1) is 10.1. The van der Waals surface area contributed by atoms with Crippen molar-refractivity contribution in [1.29, 1.82) is 0 Å². The number of carbonyl (C=O) groups excluding carboxylic acids is 1. The van der Waals surface area contributed by atoms with Crippen LogP contribution in [0, 0.1) is 0 Å². The molecular formula is C15H20N4O2. The van der Waals surface area contributed by atoms with E-state index >= 15 is 0 Å². The molecule has 1 amide bonds. The lowest BCUT2D eigenvalue weighted by Gasteiger charge is -2.17. The second-order valence-electron chi connectivity index (χ2n) is 4.81. The highest BCUT2D eigenvalue weighted by atomic mass is 16.5. The Morgan fingerprint density at radius 2 is 2.10 bits per heavy atom. The number of carbonyl (C=O) groups is 1. The average molecular weight is 288 g/mol. The van der Waals surface area contributed by atoms with Crippen LogP contribution in [0.25, 0.3) is 0 Å². The third kappa shape index (κ3) is 3.75. The molecule has 6 nitrogen and oxygen atoms in total. The first-order valence-electron chi connectivity index (χ1n) is 6.80. The molecule has 0 aliphatic carbocycles. The zero-order chi connectivity index (χ0) is 15.2. The Bertz CT molecular complexity index is 575. The molecule has 112 valence electrons. The van der Waals surface area contributed by atoms with Gasteiger partial charge in [0.1, 0.15) is 11.4 Å². The maximum Gasteiger partial charge on any atom is 0.274 e. The van der Waals surface area contributed by atoms with Gasteiger partial charge in [-0.1, -0.05) is 18.2 Å². The van der Waals surface area contributed by atoms with Crippen molar-refractivity contribution >= 4 is 11.6 Å². The van der Waals surface area contributed by atoms with Crippen LogP contribution in [0.4, 0.5) is 5.69 Å². The normalized spacial score (nSPS) is 10.4.